The molecule has 0 radical (unpaired) electrons. The van der Waals surface area contributed by atoms with Crippen LogP contribution in [-0.4, -0.2) is 13.1 Å². The Labute approximate surface area is 75.9 Å². The SMILES string of the molecule is CCCCNCC1CC2CC2C1. The van der Waals surface area contributed by atoms with Crippen molar-refractivity contribution in [3.05, 3.63) is 0 Å². The Morgan fingerprint density at radius 1 is 1.17 bits per heavy atom. The van der Waals surface area contributed by atoms with Gasteiger partial charge in [-0.25, -0.2) is 0 Å². The topological polar surface area (TPSA) is 12.0 Å². The zero-order valence-corrected chi connectivity index (χ0v) is 8.18. The first-order chi connectivity index (χ1) is 5.90. The molecule has 0 amide bonds. The summed E-state index contributed by atoms with van der Waals surface area (Å²) >= 11 is 0. The molecule has 2 fully saturated rings. The molecule has 2 rings (SSSR count). The molecule has 1 heteroatoms. The van der Waals surface area contributed by atoms with Gasteiger partial charge in [0, 0.05) is 0 Å². The van der Waals surface area contributed by atoms with Gasteiger partial charge in [0.2, 0.25) is 0 Å². The Morgan fingerprint density at radius 2 is 1.92 bits per heavy atom. The van der Waals surface area contributed by atoms with Crippen molar-refractivity contribution in [2.45, 2.75) is 39.0 Å². The molecule has 70 valence electrons. The van der Waals surface area contributed by atoms with Gasteiger partial charge >= 0.3 is 0 Å². The monoisotopic (exact) mass is 167 g/mol. The van der Waals surface area contributed by atoms with Crippen LogP contribution in [0, 0.1) is 17.8 Å². The lowest BCUT2D eigenvalue weighted by Gasteiger charge is -2.11. The number of hydrogen-bond donors (Lipinski definition) is 1. The van der Waals surface area contributed by atoms with Gasteiger partial charge in [0.25, 0.3) is 0 Å². The number of rotatable bonds is 5. The van der Waals surface area contributed by atoms with Crippen molar-refractivity contribution in [3.63, 3.8) is 0 Å². The third kappa shape index (κ3) is 2.01. The minimum Gasteiger partial charge on any atom is -0.316 e. The maximum atomic E-state index is 3.57. The molecule has 0 aliphatic heterocycles. The second-order valence-corrected chi connectivity index (χ2v) is 4.65. The lowest BCUT2D eigenvalue weighted by atomic mass is 10.0. The molecule has 2 aliphatic rings. The molecule has 1 nitrogen and oxygen atoms in total. The highest BCUT2D eigenvalue weighted by Gasteiger charge is 2.45. The molecule has 2 saturated carbocycles. The first-order valence-electron chi connectivity index (χ1n) is 5.61. The third-order valence-corrected chi connectivity index (χ3v) is 3.48. The van der Waals surface area contributed by atoms with Crippen LogP contribution in [0.4, 0.5) is 0 Å². The Hall–Kier alpha value is -0.0400. The minimum absolute atomic E-state index is 1.03. The van der Waals surface area contributed by atoms with Gasteiger partial charge in [-0.05, 0) is 56.5 Å². The maximum absolute atomic E-state index is 3.57. The molecule has 0 aromatic heterocycles. The van der Waals surface area contributed by atoms with Crippen LogP contribution in [0.2, 0.25) is 0 Å². The number of fused-ring (bicyclic) bond motifs is 1. The predicted octanol–water partition coefficient (Wildman–Crippen LogP) is 2.42. The molecule has 0 aromatic carbocycles. The molecule has 0 aromatic rings. The lowest BCUT2D eigenvalue weighted by Crippen LogP contribution is -2.22. The van der Waals surface area contributed by atoms with E-state index in [0.29, 0.717) is 0 Å². The van der Waals surface area contributed by atoms with Crippen LogP contribution in [-0.2, 0) is 0 Å². The zero-order chi connectivity index (χ0) is 8.39. The fraction of sp³-hybridized carbons (Fsp3) is 1.00. The van der Waals surface area contributed by atoms with Gasteiger partial charge in [0.15, 0.2) is 0 Å². The minimum atomic E-state index is 1.03. The normalized spacial score (nSPS) is 38.2. The van der Waals surface area contributed by atoms with Crippen LogP contribution in [0.5, 0.6) is 0 Å². The van der Waals surface area contributed by atoms with Crippen molar-refractivity contribution in [2.75, 3.05) is 13.1 Å². The van der Waals surface area contributed by atoms with Crippen molar-refractivity contribution in [1.82, 2.24) is 5.32 Å². The summed E-state index contributed by atoms with van der Waals surface area (Å²) < 4.78 is 0. The molecule has 2 aliphatic carbocycles. The summed E-state index contributed by atoms with van der Waals surface area (Å²) in [6.07, 6.45) is 7.29. The molecule has 12 heavy (non-hydrogen) atoms. The van der Waals surface area contributed by atoms with E-state index in [1.54, 1.807) is 6.42 Å². The van der Waals surface area contributed by atoms with E-state index in [9.17, 15) is 0 Å². The van der Waals surface area contributed by atoms with E-state index < -0.39 is 0 Å². The van der Waals surface area contributed by atoms with E-state index in [1.165, 1.54) is 38.8 Å². The third-order valence-electron chi connectivity index (χ3n) is 3.48. The van der Waals surface area contributed by atoms with Crippen LogP contribution in [0.3, 0.4) is 0 Å². The quantitative estimate of drug-likeness (QED) is 0.620. The first-order valence-corrected chi connectivity index (χ1v) is 5.61. The number of unbranched alkanes of at least 4 members (excludes halogenated alkanes) is 1. The van der Waals surface area contributed by atoms with Gasteiger partial charge in [-0.1, -0.05) is 13.3 Å². The lowest BCUT2D eigenvalue weighted by molar-refractivity contribution is 0.444. The highest BCUT2D eigenvalue weighted by atomic mass is 14.9. The summed E-state index contributed by atoms with van der Waals surface area (Å²) in [7, 11) is 0. The summed E-state index contributed by atoms with van der Waals surface area (Å²) in [4.78, 5) is 0. The van der Waals surface area contributed by atoms with Gasteiger partial charge in [-0.15, -0.1) is 0 Å². The first kappa shape index (κ1) is 8.55. The number of hydrogen-bond acceptors (Lipinski definition) is 1. The van der Waals surface area contributed by atoms with E-state index in [4.69, 9.17) is 0 Å². The van der Waals surface area contributed by atoms with Gasteiger partial charge in [0.05, 0.1) is 0 Å². The summed E-state index contributed by atoms with van der Waals surface area (Å²) in [6, 6.07) is 0. The van der Waals surface area contributed by atoms with Crippen LogP contribution < -0.4 is 5.32 Å². The molecule has 2 atom stereocenters. The fourth-order valence-corrected chi connectivity index (χ4v) is 2.61. The van der Waals surface area contributed by atoms with Crippen LogP contribution in [0.25, 0.3) is 0 Å². The predicted molar refractivity (Wildman–Crippen MR) is 52.1 cm³/mol. The van der Waals surface area contributed by atoms with Gasteiger partial charge in [0.1, 0.15) is 0 Å². The Morgan fingerprint density at radius 3 is 2.58 bits per heavy atom. The highest BCUT2D eigenvalue weighted by molar-refractivity contribution is 4.96. The van der Waals surface area contributed by atoms with Crippen molar-refractivity contribution in [2.24, 2.45) is 17.8 Å². The fourth-order valence-electron chi connectivity index (χ4n) is 2.61. The number of nitrogens with one attached hydrogen (secondary N) is 1. The van der Waals surface area contributed by atoms with E-state index in [2.05, 4.69) is 12.2 Å². The Bertz CT molecular complexity index is 134. The van der Waals surface area contributed by atoms with Crippen LogP contribution >= 0.6 is 0 Å². The van der Waals surface area contributed by atoms with Crippen molar-refractivity contribution in [1.29, 1.82) is 0 Å². The average molecular weight is 167 g/mol. The summed E-state index contributed by atoms with van der Waals surface area (Å²) in [5.41, 5.74) is 0. The summed E-state index contributed by atoms with van der Waals surface area (Å²) in [5.74, 6) is 3.34. The Kier molecular flexibility index (Phi) is 2.69. The summed E-state index contributed by atoms with van der Waals surface area (Å²) in [6.45, 7) is 4.79. The molecule has 1 N–H and O–H groups in total. The van der Waals surface area contributed by atoms with Crippen molar-refractivity contribution < 1.29 is 0 Å². The zero-order valence-electron chi connectivity index (χ0n) is 8.18. The highest BCUT2D eigenvalue weighted by Crippen LogP contribution is 2.54. The van der Waals surface area contributed by atoms with E-state index in [0.717, 1.165) is 17.8 Å². The molecular formula is C11H21N. The Balaban J connectivity index is 1.50. The molecule has 2 unspecified atom stereocenters. The molecule has 0 spiro atoms. The smallest absolute Gasteiger partial charge is 0.00203 e. The van der Waals surface area contributed by atoms with Gasteiger partial charge < -0.3 is 5.32 Å². The standard InChI is InChI=1S/C11H21N/c1-2-3-4-12-8-9-5-10-7-11(10)6-9/h9-12H,2-8H2,1H3. The molecule has 0 heterocycles. The second-order valence-electron chi connectivity index (χ2n) is 4.65. The van der Waals surface area contributed by atoms with E-state index in [-0.39, 0.29) is 0 Å². The van der Waals surface area contributed by atoms with Crippen molar-refractivity contribution >= 4 is 0 Å². The maximum Gasteiger partial charge on any atom is -0.00203 e. The van der Waals surface area contributed by atoms with Crippen molar-refractivity contribution in [3.8, 4) is 0 Å². The molecule has 0 saturated heterocycles. The van der Waals surface area contributed by atoms with E-state index >= 15 is 0 Å². The molecular weight excluding hydrogens is 146 g/mol. The van der Waals surface area contributed by atoms with Gasteiger partial charge in [-0.3, -0.25) is 0 Å². The largest absolute Gasteiger partial charge is 0.316 e. The van der Waals surface area contributed by atoms with Crippen LogP contribution in [0.1, 0.15) is 39.0 Å². The summed E-state index contributed by atoms with van der Waals surface area (Å²) in [5, 5.41) is 3.57. The van der Waals surface area contributed by atoms with E-state index in [1.807, 2.05) is 0 Å². The molecule has 0 bridgehead atoms. The second kappa shape index (κ2) is 3.78. The average Bonchev–Trinajstić information content (AvgIpc) is 2.69. The van der Waals surface area contributed by atoms with Crippen LogP contribution in [0.15, 0.2) is 0 Å². The van der Waals surface area contributed by atoms with Gasteiger partial charge in [-0.2, -0.15) is 0 Å².